The molecule has 7 heteroatoms. The highest BCUT2D eigenvalue weighted by Gasteiger charge is 2.35. The highest BCUT2D eigenvalue weighted by atomic mass is 16.5. The van der Waals surface area contributed by atoms with Crippen LogP contribution in [0.15, 0.2) is 47.6 Å². The van der Waals surface area contributed by atoms with E-state index < -0.39 is 0 Å². The summed E-state index contributed by atoms with van der Waals surface area (Å²) in [4.78, 5) is 15.5. The van der Waals surface area contributed by atoms with E-state index in [0.29, 0.717) is 31.1 Å². The van der Waals surface area contributed by atoms with Crippen LogP contribution in [0.1, 0.15) is 43.4 Å². The smallest absolute Gasteiger partial charge is 0.257 e. The molecular weight excluding hydrogens is 406 g/mol. The predicted octanol–water partition coefficient (Wildman–Crippen LogP) is 3.88. The molecule has 0 radical (unpaired) electrons. The van der Waals surface area contributed by atoms with E-state index in [2.05, 4.69) is 4.90 Å². The van der Waals surface area contributed by atoms with Crippen molar-refractivity contribution < 1.29 is 19.0 Å². The van der Waals surface area contributed by atoms with E-state index in [1.54, 1.807) is 19.2 Å². The van der Waals surface area contributed by atoms with Crippen LogP contribution in [0.5, 0.6) is 17.2 Å². The molecule has 2 aliphatic rings. The van der Waals surface area contributed by atoms with E-state index in [9.17, 15) is 4.79 Å². The first-order chi connectivity index (χ1) is 15.6. The molecule has 2 aromatic carbocycles. The second kappa shape index (κ2) is 10.0. The third-order valence-corrected chi connectivity index (χ3v) is 6.02. The van der Waals surface area contributed by atoms with Gasteiger partial charge in [0, 0.05) is 18.1 Å². The number of carbonyl (C=O) groups is 1. The van der Waals surface area contributed by atoms with Crippen LogP contribution >= 0.6 is 0 Å². The molecular formula is C25H31N3O4. The Morgan fingerprint density at radius 1 is 1.03 bits per heavy atom. The zero-order chi connectivity index (χ0) is 22.5. The number of hydrogen-bond donors (Lipinski definition) is 0. The summed E-state index contributed by atoms with van der Waals surface area (Å²) in [6, 6.07) is 13.5. The number of carbonyl (C=O) groups excluding carboxylic acids is 1. The third kappa shape index (κ3) is 4.72. The second-order valence-corrected chi connectivity index (χ2v) is 8.06. The van der Waals surface area contributed by atoms with Crippen LogP contribution in [0, 0.1) is 0 Å². The number of likely N-dealkylation sites (tertiary alicyclic amines) is 1. The molecule has 4 rings (SSSR count). The minimum absolute atomic E-state index is 0.0215. The average molecular weight is 438 g/mol. The Morgan fingerprint density at radius 2 is 1.75 bits per heavy atom. The first-order valence-electron chi connectivity index (χ1n) is 11.2. The number of rotatable bonds is 8. The van der Waals surface area contributed by atoms with Crippen molar-refractivity contribution >= 4 is 11.6 Å². The number of hydrazone groups is 1. The van der Waals surface area contributed by atoms with Crippen molar-refractivity contribution in [2.45, 2.75) is 32.2 Å². The fourth-order valence-electron chi connectivity index (χ4n) is 4.36. The van der Waals surface area contributed by atoms with E-state index in [4.69, 9.17) is 19.3 Å². The zero-order valence-electron chi connectivity index (χ0n) is 19.0. The summed E-state index contributed by atoms with van der Waals surface area (Å²) in [5.74, 6) is 2.24. The Morgan fingerprint density at radius 3 is 2.41 bits per heavy atom. The number of nitrogens with zero attached hydrogens (tertiary/aromatic N) is 3. The van der Waals surface area contributed by atoms with Gasteiger partial charge in [0.15, 0.2) is 0 Å². The monoisotopic (exact) mass is 437 g/mol. The number of benzene rings is 2. The summed E-state index contributed by atoms with van der Waals surface area (Å²) >= 11 is 0. The van der Waals surface area contributed by atoms with Gasteiger partial charge >= 0.3 is 0 Å². The van der Waals surface area contributed by atoms with Crippen molar-refractivity contribution in [2.75, 3.05) is 40.5 Å². The SMILES string of the molecule is CCOc1ccc(C2CC(c3ccc(OC)cc3OC)=NN2C(=O)CN2CCCC2)cc1. The highest BCUT2D eigenvalue weighted by Crippen LogP contribution is 2.36. The molecule has 0 saturated carbocycles. The number of hydrogen-bond acceptors (Lipinski definition) is 6. The van der Waals surface area contributed by atoms with Crippen LogP contribution in [0.3, 0.4) is 0 Å². The summed E-state index contributed by atoms with van der Waals surface area (Å²) in [5, 5.41) is 6.46. The van der Waals surface area contributed by atoms with Gasteiger partial charge in [-0.2, -0.15) is 5.10 Å². The normalized spacial score (nSPS) is 18.5. The van der Waals surface area contributed by atoms with Crippen LogP contribution in [0.2, 0.25) is 0 Å². The molecule has 2 aromatic rings. The minimum Gasteiger partial charge on any atom is -0.497 e. The average Bonchev–Trinajstić information content (AvgIpc) is 3.49. The van der Waals surface area contributed by atoms with Crippen molar-refractivity contribution in [1.82, 2.24) is 9.91 Å². The van der Waals surface area contributed by atoms with Gasteiger partial charge in [-0.25, -0.2) is 5.01 Å². The number of methoxy groups -OCH3 is 2. The molecule has 1 atom stereocenters. The second-order valence-electron chi connectivity index (χ2n) is 8.06. The van der Waals surface area contributed by atoms with Crippen molar-refractivity contribution in [3.05, 3.63) is 53.6 Å². The lowest BCUT2D eigenvalue weighted by atomic mass is 9.97. The van der Waals surface area contributed by atoms with Gasteiger partial charge in [0.1, 0.15) is 17.2 Å². The summed E-state index contributed by atoms with van der Waals surface area (Å²) in [5.41, 5.74) is 2.74. The zero-order valence-corrected chi connectivity index (χ0v) is 19.0. The van der Waals surface area contributed by atoms with Gasteiger partial charge in [-0.3, -0.25) is 9.69 Å². The lowest BCUT2D eigenvalue weighted by molar-refractivity contribution is -0.134. The molecule has 0 spiro atoms. The van der Waals surface area contributed by atoms with Crippen molar-refractivity contribution in [2.24, 2.45) is 5.10 Å². The summed E-state index contributed by atoms with van der Waals surface area (Å²) in [6.07, 6.45) is 2.91. The van der Waals surface area contributed by atoms with E-state index in [0.717, 1.165) is 48.5 Å². The minimum atomic E-state index is -0.164. The maximum atomic E-state index is 13.3. The van der Waals surface area contributed by atoms with Crippen LogP contribution < -0.4 is 14.2 Å². The van der Waals surface area contributed by atoms with Crippen LogP contribution in [-0.4, -0.2) is 62.0 Å². The lowest BCUT2D eigenvalue weighted by Crippen LogP contribution is -2.36. The fourth-order valence-corrected chi connectivity index (χ4v) is 4.36. The van der Waals surface area contributed by atoms with E-state index in [1.807, 2.05) is 49.4 Å². The maximum absolute atomic E-state index is 13.3. The van der Waals surface area contributed by atoms with Gasteiger partial charge in [-0.1, -0.05) is 12.1 Å². The van der Waals surface area contributed by atoms with Crippen LogP contribution in [-0.2, 0) is 4.79 Å². The molecule has 0 N–H and O–H groups in total. The predicted molar refractivity (Wildman–Crippen MR) is 124 cm³/mol. The van der Waals surface area contributed by atoms with Gasteiger partial charge in [0.25, 0.3) is 5.91 Å². The van der Waals surface area contributed by atoms with E-state index in [-0.39, 0.29) is 11.9 Å². The van der Waals surface area contributed by atoms with Crippen molar-refractivity contribution in [1.29, 1.82) is 0 Å². The highest BCUT2D eigenvalue weighted by molar-refractivity contribution is 6.05. The Kier molecular flexibility index (Phi) is 6.95. The van der Waals surface area contributed by atoms with Gasteiger partial charge in [0.05, 0.1) is 39.1 Å². The Labute approximate surface area is 189 Å². The molecule has 1 unspecified atom stereocenters. The Hall–Kier alpha value is -3.06. The molecule has 0 bridgehead atoms. The quantitative estimate of drug-likeness (QED) is 0.627. The molecule has 1 amide bonds. The number of amides is 1. The van der Waals surface area contributed by atoms with Crippen molar-refractivity contribution in [3.63, 3.8) is 0 Å². The first-order valence-corrected chi connectivity index (χ1v) is 11.2. The Bertz CT molecular complexity index is 968. The van der Waals surface area contributed by atoms with E-state index >= 15 is 0 Å². The topological polar surface area (TPSA) is 63.6 Å². The largest absolute Gasteiger partial charge is 0.497 e. The molecule has 32 heavy (non-hydrogen) atoms. The maximum Gasteiger partial charge on any atom is 0.257 e. The van der Waals surface area contributed by atoms with Crippen LogP contribution in [0.4, 0.5) is 0 Å². The lowest BCUT2D eigenvalue weighted by Gasteiger charge is -2.24. The Balaban J connectivity index is 1.64. The molecule has 1 fully saturated rings. The summed E-state index contributed by atoms with van der Waals surface area (Å²) in [6.45, 7) is 4.91. The first kappa shape index (κ1) is 22.1. The van der Waals surface area contributed by atoms with Gasteiger partial charge in [-0.15, -0.1) is 0 Å². The third-order valence-electron chi connectivity index (χ3n) is 6.02. The molecule has 1 saturated heterocycles. The molecule has 2 heterocycles. The van der Waals surface area contributed by atoms with Crippen LogP contribution in [0.25, 0.3) is 0 Å². The molecule has 7 nitrogen and oxygen atoms in total. The number of ether oxygens (including phenoxy) is 3. The molecule has 170 valence electrons. The van der Waals surface area contributed by atoms with Gasteiger partial charge in [0.2, 0.25) is 0 Å². The molecule has 0 aromatic heterocycles. The van der Waals surface area contributed by atoms with Crippen molar-refractivity contribution in [3.8, 4) is 17.2 Å². The molecule has 2 aliphatic heterocycles. The van der Waals surface area contributed by atoms with E-state index in [1.165, 1.54) is 0 Å². The van der Waals surface area contributed by atoms with Gasteiger partial charge < -0.3 is 14.2 Å². The summed E-state index contributed by atoms with van der Waals surface area (Å²) in [7, 11) is 3.26. The fraction of sp³-hybridized carbons (Fsp3) is 0.440. The molecule has 0 aliphatic carbocycles. The van der Waals surface area contributed by atoms with Gasteiger partial charge in [-0.05, 0) is 62.7 Å². The summed E-state index contributed by atoms with van der Waals surface area (Å²) < 4.78 is 16.5. The standard InChI is InChI=1S/C25H31N3O4/c1-4-32-19-9-7-18(8-10-19)23-16-22(21-12-11-20(30-2)15-24(21)31-3)26-28(23)25(29)17-27-13-5-6-14-27/h7-12,15,23H,4-6,13-14,16-17H2,1-3H3.